The predicted octanol–water partition coefficient (Wildman–Crippen LogP) is 4.36. The predicted molar refractivity (Wildman–Crippen MR) is 108 cm³/mol. The van der Waals surface area contributed by atoms with Crippen LogP contribution in [0.3, 0.4) is 0 Å². The van der Waals surface area contributed by atoms with Gasteiger partial charge in [-0.15, -0.1) is 0 Å². The number of aliphatic carboxylic acids is 1. The second kappa shape index (κ2) is 8.92. The van der Waals surface area contributed by atoms with Crippen LogP contribution in [0.5, 0.6) is 5.75 Å². The topological polar surface area (TPSA) is 75.8 Å². The lowest BCUT2D eigenvalue weighted by Gasteiger charge is -2.32. The normalized spacial score (nSPS) is 17.2. The number of hydrogen-bond acceptors (Lipinski definition) is 5. The SMILES string of the molecule is O=C(O)C1CCCCN1Cc1cccc(OCc2coc(-c3ccccc3)n2)c1. The fourth-order valence-electron chi connectivity index (χ4n) is 3.67. The zero-order chi connectivity index (χ0) is 20.1. The monoisotopic (exact) mass is 392 g/mol. The van der Waals surface area contributed by atoms with Crippen LogP contribution in [0.4, 0.5) is 0 Å². The zero-order valence-electron chi connectivity index (χ0n) is 16.2. The summed E-state index contributed by atoms with van der Waals surface area (Å²) >= 11 is 0. The summed E-state index contributed by atoms with van der Waals surface area (Å²) in [5.41, 5.74) is 2.69. The molecule has 2 aromatic carbocycles. The highest BCUT2D eigenvalue weighted by atomic mass is 16.5. The Kier molecular flexibility index (Phi) is 5.91. The highest BCUT2D eigenvalue weighted by molar-refractivity contribution is 5.73. The van der Waals surface area contributed by atoms with Gasteiger partial charge >= 0.3 is 5.97 Å². The lowest BCUT2D eigenvalue weighted by Crippen LogP contribution is -2.43. The smallest absolute Gasteiger partial charge is 0.320 e. The molecule has 1 unspecified atom stereocenters. The van der Waals surface area contributed by atoms with Crippen molar-refractivity contribution in [3.63, 3.8) is 0 Å². The van der Waals surface area contributed by atoms with Crippen LogP contribution in [-0.4, -0.2) is 33.5 Å². The lowest BCUT2D eigenvalue weighted by molar-refractivity contribution is -0.144. The summed E-state index contributed by atoms with van der Waals surface area (Å²) in [5.74, 6) is 0.566. The molecule has 0 aliphatic carbocycles. The number of oxazole rings is 1. The number of piperidine rings is 1. The van der Waals surface area contributed by atoms with Gasteiger partial charge in [0.2, 0.25) is 5.89 Å². The van der Waals surface area contributed by atoms with Crippen molar-refractivity contribution < 1.29 is 19.1 Å². The van der Waals surface area contributed by atoms with Gasteiger partial charge in [-0.1, -0.05) is 36.8 Å². The van der Waals surface area contributed by atoms with E-state index >= 15 is 0 Å². The minimum absolute atomic E-state index is 0.307. The van der Waals surface area contributed by atoms with Gasteiger partial charge in [-0.2, -0.15) is 0 Å². The molecule has 6 heteroatoms. The Labute approximate surface area is 169 Å². The van der Waals surface area contributed by atoms with Crippen LogP contribution in [0.2, 0.25) is 0 Å². The second-order valence-corrected chi connectivity index (χ2v) is 7.27. The number of likely N-dealkylation sites (tertiary alicyclic amines) is 1. The Bertz CT molecular complexity index is 954. The highest BCUT2D eigenvalue weighted by Crippen LogP contribution is 2.23. The first-order chi connectivity index (χ1) is 14.2. The van der Waals surface area contributed by atoms with E-state index in [-0.39, 0.29) is 0 Å². The van der Waals surface area contributed by atoms with Crippen molar-refractivity contribution in [1.29, 1.82) is 0 Å². The zero-order valence-corrected chi connectivity index (χ0v) is 16.2. The molecule has 0 radical (unpaired) electrons. The van der Waals surface area contributed by atoms with Crippen LogP contribution in [0, 0.1) is 0 Å². The first kappa shape index (κ1) is 19.2. The van der Waals surface area contributed by atoms with Crippen molar-refractivity contribution in [3.8, 4) is 17.2 Å². The van der Waals surface area contributed by atoms with E-state index in [1.54, 1.807) is 6.26 Å². The van der Waals surface area contributed by atoms with Crippen LogP contribution in [0.1, 0.15) is 30.5 Å². The Morgan fingerprint density at radius 2 is 2.03 bits per heavy atom. The molecule has 1 aromatic heterocycles. The summed E-state index contributed by atoms with van der Waals surface area (Å²) in [6.45, 7) is 1.72. The van der Waals surface area contributed by atoms with E-state index in [9.17, 15) is 9.90 Å². The Hall–Kier alpha value is -3.12. The summed E-state index contributed by atoms with van der Waals surface area (Å²) in [6, 6.07) is 17.1. The first-order valence-electron chi connectivity index (χ1n) is 9.87. The number of nitrogens with zero attached hydrogens (tertiary/aromatic N) is 2. The van der Waals surface area contributed by atoms with Crippen LogP contribution < -0.4 is 4.74 Å². The summed E-state index contributed by atoms with van der Waals surface area (Å²) in [5, 5.41) is 9.45. The van der Waals surface area contributed by atoms with Crippen LogP contribution in [0.25, 0.3) is 11.5 Å². The van der Waals surface area contributed by atoms with E-state index in [2.05, 4.69) is 4.98 Å². The van der Waals surface area contributed by atoms with Crippen LogP contribution in [-0.2, 0) is 17.9 Å². The lowest BCUT2D eigenvalue weighted by atomic mass is 10.0. The number of ether oxygens (including phenoxy) is 1. The van der Waals surface area contributed by atoms with Gasteiger partial charge in [0.25, 0.3) is 0 Å². The summed E-state index contributed by atoms with van der Waals surface area (Å²) in [6.07, 6.45) is 4.33. The van der Waals surface area contributed by atoms with Crippen LogP contribution >= 0.6 is 0 Å². The molecule has 29 heavy (non-hydrogen) atoms. The minimum Gasteiger partial charge on any atom is -0.487 e. The molecule has 4 rings (SSSR count). The maximum atomic E-state index is 11.5. The molecule has 2 heterocycles. The van der Waals surface area contributed by atoms with E-state index in [4.69, 9.17) is 9.15 Å². The Morgan fingerprint density at radius 3 is 2.86 bits per heavy atom. The summed E-state index contributed by atoms with van der Waals surface area (Å²) < 4.78 is 11.4. The van der Waals surface area contributed by atoms with Crippen molar-refractivity contribution in [2.75, 3.05) is 6.54 Å². The third kappa shape index (κ3) is 4.84. The van der Waals surface area contributed by atoms with Crippen molar-refractivity contribution in [3.05, 3.63) is 72.1 Å². The highest BCUT2D eigenvalue weighted by Gasteiger charge is 2.28. The molecule has 1 N–H and O–H groups in total. The van der Waals surface area contributed by atoms with Gasteiger partial charge in [0.05, 0.1) is 0 Å². The molecule has 0 amide bonds. The number of rotatable bonds is 7. The van der Waals surface area contributed by atoms with Gasteiger partial charge in [0.15, 0.2) is 0 Å². The van der Waals surface area contributed by atoms with Crippen molar-refractivity contribution in [2.45, 2.75) is 38.5 Å². The number of benzene rings is 2. The number of carboxylic acids is 1. The third-order valence-corrected chi connectivity index (χ3v) is 5.14. The molecule has 1 saturated heterocycles. The van der Waals surface area contributed by atoms with Gasteiger partial charge in [-0.25, -0.2) is 4.98 Å². The van der Waals surface area contributed by atoms with Crippen molar-refractivity contribution >= 4 is 5.97 Å². The van der Waals surface area contributed by atoms with E-state index in [0.29, 0.717) is 25.5 Å². The molecular weight excluding hydrogens is 368 g/mol. The molecule has 3 aromatic rings. The van der Waals surface area contributed by atoms with Gasteiger partial charge in [0.1, 0.15) is 30.4 Å². The minimum atomic E-state index is -0.739. The third-order valence-electron chi connectivity index (χ3n) is 5.14. The molecule has 150 valence electrons. The average Bonchev–Trinajstić information content (AvgIpc) is 3.23. The standard InChI is InChI=1S/C23H24N2O4/c26-23(27)21-11-4-5-12-25(21)14-17-7-6-10-20(13-17)28-15-19-16-29-22(24-19)18-8-2-1-3-9-18/h1-3,6-10,13,16,21H,4-5,11-12,14-15H2,(H,26,27). The van der Waals surface area contributed by atoms with Gasteiger partial charge in [-0.3, -0.25) is 9.69 Å². The largest absolute Gasteiger partial charge is 0.487 e. The number of hydrogen-bond donors (Lipinski definition) is 1. The molecule has 6 nitrogen and oxygen atoms in total. The van der Waals surface area contributed by atoms with Crippen LogP contribution in [0.15, 0.2) is 65.3 Å². The number of carboxylic acid groups (broad SMARTS) is 1. The molecule has 1 atom stereocenters. The molecule has 1 fully saturated rings. The first-order valence-corrected chi connectivity index (χ1v) is 9.87. The quantitative estimate of drug-likeness (QED) is 0.644. The fraction of sp³-hybridized carbons (Fsp3) is 0.304. The van der Waals surface area contributed by atoms with Crippen molar-refractivity contribution in [1.82, 2.24) is 9.88 Å². The average molecular weight is 392 g/mol. The van der Waals surface area contributed by atoms with E-state index in [1.165, 1.54) is 0 Å². The summed E-state index contributed by atoms with van der Waals surface area (Å²) in [4.78, 5) is 18.0. The molecule has 0 bridgehead atoms. The van der Waals surface area contributed by atoms with Gasteiger partial charge in [-0.05, 0) is 49.2 Å². The summed E-state index contributed by atoms with van der Waals surface area (Å²) in [7, 11) is 0. The number of aromatic nitrogens is 1. The Balaban J connectivity index is 1.38. The second-order valence-electron chi connectivity index (χ2n) is 7.27. The van der Waals surface area contributed by atoms with E-state index in [0.717, 1.165) is 42.0 Å². The van der Waals surface area contributed by atoms with Gasteiger partial charge < -0.3 is 14.3 Å². The maximum Gasteiger partial charge on any atom is 0.320 e. The van der Waals surface area contributed by atoms with Crippen molar-refractivity contribution in [2.24, 2.45) is 0 Å². The molecule has 0 saturated carbocycles. The van der Waals surface area contributed by atoms with E-state index in [1.807, 2.05) is 59.5 Å². The molecular formula is C23H24N2O4. The molecule has 1 aliphatic rings. The fourth-order valence-corrected chi connectivity index (χ4v) is 3.67. The Morgan fingerprint density at radius 1 is 1.17 bits per heavy atom. The molecule has 1 aliphatic heterocycles. The van der Waals surface area contributed by atoms with E-state index < -0.39 is 12.0 Å². The maximum absolute atomic E-state index is 11.5. The van der Waals surface area contributed by atoms with Gasteiger partial charge in [0, 0.05) is 12.1 Å². The molecule has 0 spiro atoms. The number of carbonyl (C=O) groups is 1.